The summed E-state index contributed by atoms with van der Waals surface area (Å²) in [6.07, 6.45) is 0.700. The number of carbonyl (C=O) groups excluding carboxylic acids is 2. The van der Waals surface area contributed by atoms with E-state index in [4.69, 9.17) is 0 Å². The van der Waals surface area contributed by atoms with Crippen LogP contribution in [0.5, 0.6) is 0 Å². The number of amides is 2. The Kier molecular flexibility index (Phi) is 6.21. The zero-order valence-corrected chi connectivity index (χ0v) is 17.8. The van der Waals surface area contributed by atoms with Gasteiger partial charge in [-0.15, -0.1) is 0 Å². The van der Waals surface area contributed by atoms with Crippen LogP contribution in [0, 0.1) is 17.1 Å². The summed E-state index contributed by atoms with van der Waals surface area (Å²) in [5.41, 5.74) is 3.22. The monoisotopic (exact) mass is 436 g/mol. The highest BCUT2D eigenvalue weighted by Crippen LogP contribution is 2.29. The number of likely N-dealkylation sites (N-methyl/N-ethyl adjacent to an activating group) is 1. The van der Waals surface area contributed by atoms with Crippen molar-refractivity contribution in [3.63, 3.8) is 0 Å². The second-order valence-electron chi connectivity index (χ2n) is 8.48. The molecule has 2 N–H and O–H groups in total. The lowest BCUT2D eigenvalue weighted by Crippen LogP contribution is -2.38. The number of hydrogen-bond acceptors (Lipinski definition) is 5. The minimum atomic E-state index is -0.536. The van der Waals surface area contributed by atoms with E-state index in [2.05, 4.69) is 5.32 Å². The molecule has 0 aliphatic carbocycles. The van der Waals surface area contributed by atoms with E-state index in [1.54, 1.807) is 18.0 Å². The molecular weight excluding hydrogens is 411 g/mol. The van der Waals surface area contributed by atoms with E-state index in [1.165, 1.54) is 6.07 Å². The molecule has 0 radical (unpaired) electrons. The van der Waals surface area contributed by atoms with Crippen LogP contribution in [-0.2, 0) is 22.4 Å². The van der Waals surface area contributed by atoms with Gasteiger partial charge in [0.05, 0.1) is 36.6 Å². The van der Waals surface area contributed by atoms with E-state index >= 15 is 0 Å². The van der Waals surface area contributed by atoms with Crippen LogP contribution >= 0.6 is 0 Å². The predicted molar refractivity (Wildman–Crippen MR) is 116 cm³/mol. The highest BCUT2D eigenvalue weighted by atomic mass is 19.1. The Morgan fingerprint density at radius 3 is 2.88 bits per heavy atom. The average molecular weight is 436 g/mol. The maximum atomic E-state index is 14.1. The van der Waals surface area contributed by atoms with Gasteiger partial charge in [-0.1, -0.05) is 12.1 Å². The third-order valence-electron chi connectivity index (χ3n) is 6.07. The standard InChI is InChI=1S/C24H25FN4O3/c1-28-22-8-15(2-3-17(22)11-24(28)32)9-23(31)27-21(14-29-5-4-20(30)13-29)18-6-16(12-26)7-19(25)10-18/h2-3,6-8,10,20-21,30H,4-5,9,11,13-14H2,1H3,(H,27,31)/t20-,21+/m0/s1. The van der Waals surface area contributed by atoms with Crippen LogP contribution in [0.1, 0.15) is 34.7 Å². The molecule has 2 aromatic rings. The van der Waals surface area contributed by atoms with Gasteiger partial charge in [0.25, 0.3) is 0 Å². The smallest absolute Gasteiger partial charge is 0.231 e. The summed E-state index contributed by atoms with van der Waals surface area (Å²) >= 11 is 0. The number of nitriles is 1. The molecule has 0 aromatic heterocycles. The van der Waals surface area contributed by atoms with Crippen molar-refractivity contribution < 1.29 is 19.1 Å². The number of β-amino-alcohol motifs (C(OH)–C–C–N with tert-alkyl or cyclic N) is 1. The zero-order chi connectivity index (χ0) is 22.8. The number of aliphatic hydroxyl groups is 1. The fourth-order valence-electron chi connectivity index (χ4n) is 4.38. The fourth-order valence-corrected chi connectivity index (χ4v) is 4.38. The molecule has 0 saturated carbocycles. The summed E-state index contributed by atoms with van der Waals surface area (Å²) in [6.45, 7) is 1.57. The number of hydrogen-bond donors (Lipinski definition) is 2. The van der Waals surface area contributed by atoms with Gasteiger partial charge in [-0.05, 0) is 47.4 Å². The number of aliphatic hydroxyl groups excluding tert-OH is 1. The Morgan fingerprint density at radius 2 is 2.16 bits per heavy atom. The van der Waals surface area contributed by atoms with Crippen molar-refractivity contribution in [3.05, 3.63) is 64.5 Å². The first-order valence-corrected chi connectivity index (χ1v) is 10.6. The van der Waals surface area contributed by atoms with Crippen LogP contribution in [0.4, 0.5) is 10.1 Å². The second-order valence-corrected chi connectivity index (χ2v) is 8.48. The van der Waals surface area contributed by atoms with Crippen molar-refractivity contribution in [1.29, 1.82) is 5.26 Å². The van der Waals surface area contributed by atoms with Crippen LogP contribution in [0.3, 0.4) is 0 Å². The van der Waals surface area contributed by atoms with Gasteiger partial charge in [0.1, 0.15) is 5.82 Å². The van der Waals surface area contributed by atoms with Crippen LogP contribution in [-0.4, -0.2) is 54.6 Å². The van der Waals surface area contributed by atoms with Crippen LogP contribution < -0.4 is 10.2 Å². The lowest BCUT2D eigenvalue weighted by atomic mass is 10.0. The highest BCUT2D eigenvalue weighted by molar-refractivity contribution is 6.01. The number of likely N-dealkylation sites (tertiary alicyclic amines) is 1. The van der Waals surface area contributed by atoms with Crippen molar-refractivity contribution in [2.45, 2.75) is 31.4 Å². The van der Waals surface area contributed by atoms with Gasteiger partial charge in [-0.25, -0.2) is 4.39 Å². The molecule has 2 aromatic carbocycles. The third kappa shape index (κ3) is 4.79. The first kappa shape index (κ1) is 21.9. The molecular formula is C24H25FN4O3. The Bertz CT molecular complexity index is 1100. The quantitative estimate of drug-likeness (QED) is 0.718. The first-order chi connectivity index (χ1) is 15.3. The summed E-state index contributed by atoms with van der Waals surface area (Å²) in [5, 5.41) is 22.0. The minimum absolute atomic E-state index is 0.0221. The molecule has 0 bridgehead atoms. The van der Waals surface area contributed by atoms with E-state index in [0.717, 1.165) is 22.9 Å². The topological polar surface area (TPSA) is 96.7 Å². The lowest BCUT2D eigenvalue weighted by molar-refractivity contribution is -0.121. The zero-order valence-electron chi connectivity index (χ0n) is 17.8. The van der Waals surface area contributed by atoms with Gasteiger partial charge in [-0.3, -0.25) is 14.5 Å². The van der Waals surface area contributed by atoms with Crippen LogP contribution in [0.25, 0.3) is 0 Å². The third-order valence-corrected chi connectivity index (χ3v) is 6.07. The fraction of sp³-hybridized carbons (Fsp3) is 0.375. The first-order valence-electron chi connectivity index (χ1n) is 10.6. The van der Waals surface area contributed by atoms with Gasteiger partial charge in [0.2, 0.25) is 11.8 Å². The van der Waals surface area contributed by atoms with Gasteiger partial charge in [0.15, 0.2) is 0 Å². The normalized spacial score (nSPS) is 19.0. The van der Waals surface area contributed by atoms with Crippen molar-refractivity contribution in [2.75, 3.05) is 31.6 Å². The van der Waals surface area contributed by atoms with Crippen LogP contribution in [0.15, 0.2) is 36.4 Å². The largest absolute Gasteiger partial charge is 0.392 e. The lowest BCUT2D eigenvalue weighted by Gasteiger charge is -2.25. The Hall–Kier alpha value is -3.28. The maximum Gasteiger partial charge on any atom is 0.231 e. The summed E-state index contributed by atoms with van der Waals surface area (Å²) in [5.74, 6) is -0.760. The van der Waals surface area contributed by atoms with Crippen molar-refractivity contribution in [1.82, 2.24) is 10.2 Å². The van der Waals surface area contributed by atoms with Crippen molar-refractivity contribution >= 4 is 17.5 Å². The Morgan fingerprint density at radius 1 is 1.34 bits per heavy atom. The number of rotatable bonds is 6. The molecule has 2 heterocycles. The number of fused-ring (bicyclic) bond motifs is 1. The van der Waals surface area contributed by atoms with Gasteiger partial charge in [0, 0.05) is 32.4 Å². The van der Waals surface area contributed by atoms with Crippen LogP contribution in [0.2, 0.25) is 0 Å². The molecule has 2 aliphatic heterocycles. The minimum Gasteiger partial charge on any atom is -0.392 e. The molecule has 0 unspecified atom stereocenters. The van der Waals surface area contributed by atoms with E-state index < -0.39 is 18.0 Å². The molecule has 1 fully saturated rings. The molecule has 2 aliphatic rings. The summed E-state index contributed by atoms with van der Waals surface area (Å²) in [7, 11) is 1.72. The van der Waals surface area contributed by atoms with E-state index in [1.807, 2.05) is 29.2 Å². The van der Waals surface area contributed by atoms with Crippen molar-refractivity contribution in [3.8, 4) is 6.07 Å². The Balaban J connectivity index is 1.52. The maximum absolute atomic E-state index is 14.1. The van der Waals surface area contributed by atoms with E-state index in [9.17, 15) is 24.3 Å². The average Bonchev–Trinajstić information content (AvgIpc) is 3.29. The highest BCUT2D eigenvalue weighted by Gasteiger charge is 2.27. The van der Waals surface area contributed by atoms with Crippen molar-refractivity contribution in [2.24, 2.45) is 0 Å². The Labute approximate surface area is 186 Å². The molecule has 0 spiro atoms. The number of carbonyl (C=O) groups is 2. The van der Waals surface area contributed by atoms with E-state index in [-0.39, 0.29) is 23.8 Å². The number of anilines is 1. The number of nitrogens with zero attached hydrogens (tertiary/aromatic N) is 3. The molecule has 2 atom stereocenters. The number of halogens is 1. The molecule has 166 valence electrons. The van der Waals surface area contributed by atoms with Gasteiger partial charge >= 0.3 is 0 Å². The number of benzene rings is 2. The molecule has 32 heavy (non-hydrogen) atoms. The SMILES string of the molecule is CN1C(=O)Cc2ccc(CC(=O)N[C@H](CN3CC[C@H](O)C3)c3cc(F)cc(C#N)c3)cc21. The molecule has 1 saturated heterocycles. The predicted octanol–water partition coefficient (Wildman–Crippen LogP) is 1.68. The molecule has 8 heteroatoms. The molecule has 7 nitrogen and oxygen atoms in total. The van der Waals surface area contributed by atoms with E-state index in [0.29, 0.717) is 38.0 Å². The summed E-state index contributed by atoms with van der Waals surface area (Å²) < 4.78 is 14.1. The summed E-state index contributed by atoms with van der Waals surface area (Å²) in [6, 6.07) is 11.0. The molecule has 4 rings (SSSR count). The van der Waals surface area contributed by atoms with Gasteiger partial charge in [-0.2, -0.15) is 5.26 Å². The molecule has 2 amide bonds. The van der Waals surface area contributed by atoms with Gasteiger partial charge < -0.3 is 15.3 Å². The number of nitrogens with one attached hydrogen (secondary N) is 1. The summed E-state index contributed by atoms with van der Waals surface area (Å²) in [4.78, 5) is 28.4. The second kappa shape index (κ2) is 9.07.